The Morgan fingerprint density at radius 3 is 3.10 bits per heavy atom. The Labute approximate surface area is 121 Å². The molecule has 5 heteroatoms. The van der Waals surface area contributed by atoms with Crippen molar-refractivity contribution in [1.29, 1.82) is 0 Å². The van der Waals surface area contributed by atoms with Crippen molar-refractivity contribution in [2.24, 2.45) is 5.92 Å². The van der Waals surface area contributed by atoms with E-state index in [0.717, 1.165) is 23.5 Å². The number of amides is 1. The van der Waals surface area contributed by atoms with Crippen molar-refractivity contribution in [1.82, 2.24) is 5.32 Å². The molecule has 1 aliphatic rings. The molecule has 106 valence electrons. The molecule has 1 amide bonds. The van der Waals surface area contributed by atoms with Crippen LogP contribution in [0, 0.1) is 5.92 Å². The Balaban J connectivity index is 1.48. The lowest BCUT2D eigenvalue weighted by Crippen LogP contribution is -2.32. The van der Waals surface area contributed by atoms with Gasteiger partial charge in [-0.25, -0.2) is 0 Å². The van der Waals surface area contributed by atoms with Gasteiger partial charge >= 0.3 is 0 Å². The molecule has 1 fully saturated rings. The van der Waals surface area contributed by atoms with Gasteiger partial charge in [-0.05, 0) is 37.1 Å². The number of carbonyl (C=O) groups excluding carboxylic acids is 1. The lowest BCUT2D eigenvalue weighted by Gasteiger charge is -2.08. The second kappa shape index (κ2) is 6.24. The van der Waals surface area contributed by atoms with Gasteiger partial charge in [-0.1, -0.05) is 0 Å². The van der Waals surface area contributed by atoms with Gasteiger partial charge in [0.1, 0.15) is 5.76 Å². The summed E-state index contributed by atoms with van der Waals surface area (Å²) in [5.41, 5.74) is 0. The van der Waals surface area contributed by atoms with E-state index in [9.17, 15) is 4.79 Å². The molecule has 20 heavy (non-hydrogen) atoms. The van der Waals surface area contributed by atoms with Gasteiger partial charge in [0.15, 0.2) is 0 Å². The summed E-state index contributed by atoms with van der Waals surface area (Å²) in [6, 6.07) is 7.99. The average Bonchev–Trinajstić information content (AvgIpc) is 3.20. The zero-order valence-electron chi connectivity index (χ0n) is 11.1. The number of rotatable bonds is 5. The summed E-state index contributed by atoms with van der Waals surface area (Å²) < 4.78 is 10.6. The summed E-state index contributed by atoms with van der Waals surface area (Å²) in [7, 11) is 0. The van der Waals surface area contributed by atoms with Crippen molar-refractivity contribution in [3.05, 3.63) is 35.4 Å². The van der Waals surface area contributed by atoms with Crippen molar-refractivity contribution in [3.63, 3.8) is 0 Å². The first kappa shape index (κ1) is 13.4. The second-order valence-corrected chi connectivity index (χ2v) is 6.01. The van der Waals surface area contributed by atoms with E-state index >= 15 is 0 Å². The van der Waals surface area contributed by atoms with Crippen molar-refractivity contribution < 1.29 is 13.9 Å². The van der Waals surface area contributed by atoms with E-state index in [2.05, 4.69) is 17.4 Å². The highest BCUT2D eigenvalue weighted by molar-refractivity contribution is 7.15. The maximum Gasteiger partial charge on any atom is 0.225 e. The van der Waals surface area contributed by atoms with Gasteiger partial charge in [0.05, 0.1) is 23.7 Å². The topological polar surface area (TPSA) is 51.5 Å². The van der Waals surface area contributed by atoms with Gasteiger partial charge in [-0.2, -0.15) is 0 Å². The molecule has 2 aromatic rings. The van der Waals surface area contributed by atoms with Gasteiger partial charge in [0, 0.05) is 18.0 Å². The minimum Gasteiger partial charge on any atom is -0.464 e. The normalized spacial score (nSPS) is 18.3. The van der Waals surface area contributed by atoms with Crippen molar-refractivity contribution in [2.45, 2.75) is 12.8 Å². The molecule has 1 N–H and O–H groups in total. The Kier molecular flexibility index (Phi) is 4.18. The first-order valence-electron chi connectivity index (χ1n) is 6.81. The first-order valence-corrected chi connectivity index (χ1v) is 7.62. The Bertz CT molecular complexity index is 555. The predicted molar refractivity (Wildman–Crippen MR) is 77.7 cm³/mol. The van der Waals surface area contributed by atoms with E-state index in [1.807, 2.05) is 12.1 Å². The van der Waals surface area contributed by atoms with Gasteiger partial charge in [0.25, 0.3) is 0 Å². The molecule has 3 heterocycles. The van der Waals surface area contributed by atoms with Crippen LogP contribution < -0.4 is 5.32 Å². The van der Waals surface area contributed by atoms with Gasteiger partial charge < -0.3 is 14.5 Å². The fraction of sp³-hybridized carbons (Fsp3) is 0.400. The van der Waals surface area contributed by atoms with E-state index in [1.165, 1.54) is 4.88 Å². The third-order valence-corrected chi connectivity index (χ3v) is 4.56. The quantitative estimate of drug-likeness (QED) is 0.921. The van der Waals surface area contributed by atoms with Crippen LogP contribution in [0.25, 0.3) is 10.6 Å². The molecule has 4 nitrogen and oxygen atoms in total. The second-order valence-electron chi connectivity index (χ2n) is 4.84. The molecule has 0 radical (unpaired) electrons. The van der Waals surface area contributed by atoms with Crippen LogP contribution in [0.5, 0.6) is 0 Å². The van der Waals surface area contributed by atoms with E-state index in [4.69, 9.17) is 9.15 Å². The summed E-state index contributed by atoms with van der Waals surface area (Å²) in [6.07, 6.45) is 3.37. The number of furan rings is 1. The smallest absolute Gasteiger partial charge is 0.225 e. The van der Waals surface area contributed by atoms with Crippen LogP contribution in [0.4, 0.5) is 0 Å². The number of carbonyl (C=O) groups is 1. The van der Waals surface area contributed by atoms with Gasteiger partial charge in [0.2, 0.25) is 5.91 Å². The molecule has 0 aliphatic carbocycles. The molecule has 2 aromatic heterocycles. The van der Waals surface area contributed by atoms with Crippen LogP contribution >= 0.6 is 11.3 Å². The third-order valence-electron chi connectivity index (χ3n) is 3.40. The summed E-state index contributed by atoms with van der Waals surface area (Å²) in [5, 5.41) is 2.98. The molecular weight excluding hydrogens is 274 g/mol. The molecule has 0 saturated carbocycles. The van der Waals surface area contributed by atoms with Crippen molar-refractivity contribution in [2.75, 3.05) is 19.8 Å². The zero-order chi connectivity index (χ0) is 13.8. The summed E-state index contributed by atoms with van der Waals surface area (Å²) in [6.45, 7) is 1.94. The highest BCUT2D eigenvalue weighted by Crippen LogP contribution is 2.28. The minimum atomic E-state index is 0.0389. The summed E-state index contributed by atoms with van der Waals surface area (Å²) >= 11 is 1.70. The summed E-state index contributed by atoms with van der Waals surface area (Å²) in [4.78, 5) is 14.2. The Morgan fingerprint density at radius 1 is 1.40 bits per heavy atom. The number of nitrogens with one attached hydrogen (secondary N) is 1. The molecule has 1 aliphatic heterocycles. The monoisotopic (exact) mass is 291 g/mol. The number of hydrogen-bond acceptors (Lipinski definition) is 4. The highest BCUT2D eigenvalue weighted by atomic mass is 32.1. The standard InChI is InChI=1S/C15H17NO3S/c17-15(11-6-9-18-10-11)16-7-5-12-3-4-14(20-12)13-2-1-8-19-13/h1-4,8,11H,5-7,9-10H2,(H,16,17). The number of thiophene rings is 1. The number of ether oxygens (including phenoxy) is 1. The van der Waals surface area contributed by atoms with Crippen LogP contribution in [-0.2, 0) is 16.0 Å². The van der Waals surface area contributed by atoms with Crippen LogP contribution in [0.1, 0.15) is 11.3 Å². The van der Waals surface area contributed by atoms with Gasteiger partial charge in [-0.15, -0.1) is 11.3 Å². The van der Waals surface area contributed by atoms with Gasteiger partial charge in [-0.3, -0.25) is 4.79 Å². The van der Waals surface area contributed by atoms with E-state index in [1.54, 1.807) is 17.6 Å². The maximum atomic E-state index is 11.8. The maximum absolute atomic E-state index is 11.8. The number of hydrogen-bond donors (Lipinski definition) is 1. The molecule has 1 saturated heterocycles. The van der Waals surface area contributed by atoms with E-state index in [-0.39, 0.29) is 11.8 Å². The average molecular weight is 291 g/mol. The van der Waals surface area contributed by atoms with Crippen LogP contribution in [0.15, 0.2) is 34.9 Å². The fourth-order valence-electron chi connectivity index (χ4n) is 2.26. The highest BCUT2D eigenvalue weighted by Gasteiger charge is 2.22. The molecule has 0 bridgehead atoms. The lowest BCUT2D eigenvalue weighted by atomic mass is 10.1. The lowest BCUT2D eigenvalue weighted by molar-refractivity contribution is -0.124. The van der Waals surface area contributed by atoms with Crippen LogP contribution in [0.2, 0.25) is 0 Å². The van der Waals surface area contributed by atoms with E-state index in [0.29, 0.717) is 19.8 Å². The van der Waals surface area contributed by atoms with E-state index < -0.39 is 0 Å². The van der Waals surface area contributed by atoms with Crippen LogP contribution in [-0.4, -0.2) is 25.7 Å². The molecule has 3 rings (SSSR count). The fourth-order valence-corrected chi connectivity index (χ4v) is 3.23. The Hall–Kier alpha value is -1.59. The minimum absolute atomic E-state index is 0.0389. The molecule has 0 spiro atoms. The van der Waals surface area contributed by atoms with Crippen LogP contribution in [0.3, 0.4) is 0 Å². The summed E-state index contributed by atoms with van der Waals surface area (Å²) in [5.74, 6) is 1.05. The molecule has 0 aromatic carbocycles. The third kappa shape index (κ3) is 3.11. The first-order chi connectivity index (χ1) is 9.83. The van der Waals surface area contributed by atoms with Crippen molar-refractivity contribution in [3.8, 4) is 10.6 Å². The molecular formula is C15H17NO3S. The molecule has 1 unspecified atom stereocenters. The zero-order valence-corrected chi connectivity index (χ0v) is 11.9. The largest absolute Gasteiger partial charge is 0.464 e. The Morgan fingerprint density at radius 2 is 2.35 bits per heavy atom. The predicted octanol–water partition coefficient (Wildman–Crippen LogP) is 2.70. The SMILES string of the molecule is O=C(NCCc1ccc(-c2ccco2)s1)C1CCOC1. The molecule has 1 atom stereocenters. The van der Waals surface area contributed by atoms with Crippen molar-refractivity contribution >= 4 is 17.2 Å².